The second-order valence-corrected chi connectivity index (χ2v) is 7.86. The number of aryl methyl sites for hydroxylation is 3. The van der Waals surface area contributed by atoms with Gasteiger partial charge in [-0.2, -0.15) is 0 Å². The Bertz CT molecular complexity index is 785. The highest BCUT2D eigenvalue weighted by molar-refractivity contribution is 7.11. The first kappa shape index (κ1) is 20.1. The minimum Gasteiger partial charge on any atom is -0.337 e. The maximum atomic E-state index is 12.5. The van der Waals surface area contributed by atoms with E-state index in [0.717, 1.165) is 27.7 Å². The molecule has 2 amide bonds. The van der Waals surface area contributed by atoms with Crippen LogP contribution in [0.25, 0.3) is 0 Å². The topological polar surface area (TPSA) is 62.3 Å². The van der Waals surface area contributed by atoms with Crippen LogP contribution in [0.2, 0.25) is 0 Å². The van der Waals surface area contributed by atoms with E-state index in [9.17, 15) is 9.59 Å². The summed E-state index contributed by atoms with van der Waals surface area (Å²) in [7, 11) is 1.77. The zero-order valence-corrected chi connectivity index (χ0v) is 16.9. The van der Waals surface area contributed by atoms with Crippen molar-refractivity contribution in [1.82, 2.24) is 9.88 Å². The first-order valence-electron chi connectivity index (χ1n) is 8.90. The van der Waals surface area contributed by atoms with Gasteiger partial charge in [0.25, 0.3) is 0 Å². The van der Waals surface area contributed by atoms with Crippen LogP contribution < -0.4 is 5.32 Å². The molecule has 26 heavy (non-hydrogen) atoms. The van der Waals surface area contributed by atoms with Crippen LogP contribution in [0.1, 0.15) is 53.9 Å². The third-order valence-corrected chi connectivity index (χ3v) is 5.40. The van der Waals surface area contributed by atoms with Gasteiger partial charge in [0.2, 0.25) is 11.8 Å². The summed E-state index contributed by atoms with van der Waals surface area (Å²) in [6, 6.07) is 7.67. The van der Waals surface area contributed by atoms with Crippen molar-refractivity contribution in [2.24, 2.45) is 0 Å². The van der Waals surface area contributed by atoms with Crippen molar-refractivity contribution in [2.45, 2.75) is 53.0 Å². The number of aromatic nitrogens is 1. The van der Waals surface area contributed by atoms with Gasteiger partial charge in [0, 0.05) is 30.5 Å². The van der Waals surface area contributed by atoms with E-state index in [0.29, 0.717) is 0 Å². The summed E-state index contributed by atoms with van der Waals surface area (Å²) < 4.78 is 0. The smallest absolute Gasteiger partial charge is 0.224 e. The Balaban J connectivity index is 1.88. The van der Waals surface area contributed by atoms with Gasteiger partial charge in [-0.05, 0) is 44.9 Å². The van der Waals surface area contributed by atoms with Crippen LogP contribution in [-0.2, 0) is 16.0 Å². The van der Waals surface area contributed by atoms with Crippen LogP contribution >= 0.6 is 11.3 Å². The van der Waals surface area contributed by atoms with Gasteiger partial charge in [0.1, 0.15) is 0 Å². The van der Waals surface area contributed by atoms with Gasteiger partial charge in [-0.15, -0.1) is 11.3 Å². The molecule has 140 valence electrons. The predicted octanol–water partition coefficient (Wildman–Crippen LogP) is 4.26. The zero-order chi connectivity index (χ0) is 19.3. The number of thiazole rings is 1. The molecule has 1 aromatic heterocycles. The molecule has 0 aliphatic carbocycles. The van der Waals surface area contributed by atoms with E-state index in [-0.39, 0.29) is 30.7 Å². The lowest BCUT2D eigenvalue weighted by atomic mass is 10.1. The van der Waals surface area contributed by atoms with E-state index in [1.54, 1.807) is 23.3 Å². The monoisotopic (exact) mass is 373 g/mol. The first-order valence-corrected chi connectivity index (χ1v) is 9.71. The normalized spacial score (nSPS) is 11.9. The number of anilines is 1. The fraction of sp³-hybridized carbons (Fsp3) is 0.450. The molecule has 6 heteroatoms. The molecule has 2 aromatic rings. The molecule has 0 radical (unpaired) electrons. The number of carbonyl (C=O) groups excluding carboxylic acids is 2. The fourth-order valence-electron chi connectivity index (χ4n) is 2.82. The molecule has 1 aromatic carbocycles. The number of rotatable bonds is 7. The van der Waals surface area contributed by atoms with E-state index in [1.165, 1.54) is 5.56 Å². The largest absolute Gasteiger partial charge is 0.337 e. The molecule has 2 rings (SSSR count). The lowest BCUT2D eigenvalue weighted by Crippen LogP contribution is -2.30. The zero-order valence-electron chi connectivity index (χ0n) is 16.1. The number of amides is 2. The molecule has 0 fully saturated rings. The summed E-state index contributed by atoms with van der Waals surface area (Å²) in [5.41, 5.74) is 2.88. The molecule has 0 aliphatic rings. The molecule has 0 bridgehead atoms. The van der Waals surface area contributed by atoms with Gasteiger partial charge in [-0.25, -0.2) is 4.98 Å². The number of nitrogens with one attached hydrogen (secondary N) is 1. The van der Waals surface area contributed by atoms with Gasteiger partial charge in [-0.3, -0.25) is 9.59 Å². The Morgan fingerprint density at radius 3 is 2.62 bits per heavy atom. The number of nitrogens with zero attached hydrogens (tertiary/aromatic N) is 2. The summed E-state index contributed by atoms with van der Waals surface area (Å²) in [6.07, 6.45) is 1.27. The van der Waals surface area contributed by atoms with E-state index in [2.05, 4.69) is 17.2 Å². The van der Waals surface area contributed by atoms with Crippen molar-refractivity contribution in [2.75, 3.05) is 12.4 Å². The van der Waals surface area contributed by atoms with Crippen LogP contribution in [0.5, 0.6) is 0 Å². The maximum absolute atomic E-state index is 12.5. The van der Waals surface area contributed by atoms with Crippen LogP contribution in [-0.4, -0.2) is 28.7 Å². The molecule has 1 atom stereocenters. The minimum absolute atomic E-state index is 0.0555. The molecular weight excluding hydrogens is 346 g/mol. The highest BCUT2D eigenvalue weighted by Gasteiger charge is 2.22. The third-order valence-electron chi connectivity index (χ3n) is 4.49. The third kappa shape index (κ3) is 5.14. The summed E-state index contributed by atoms with van der Waals surface area (Å²) in [4.78, 5) is 31.9. The lowest BCUT2D eigenvalue weighted by molar-refractivity contribution is -0.133. The van der Waals surface area contributed by atoms with Crippen LogP contribution in [0.4, 0.5) is 5.69 Å². The molecule has 1 N–H and O–H groups in total. The van der Waals surface area contributed by atoms with Gasteiger partial charge < -0.3 is 10.2 Å². The molecule has 0 spiro atoms. The fourth-order valence-corrected chi connectivity index (χ4v) is 3.73. The number of hydrogen-bond acceptors (Lipinski definition) is 4. The molecule has 0 saturated heterocycles. The molecule has 0 saturated carbocycles. The Labute approximate surface area is 159 Å². The molecule has 1 heterocycles. The first-order chi connectivity index (χ1) is 12.3. The Morgan fingerprint density at radius 2 is 2.00 bits per heavy atom. The Hall–Kier alpha value is -2.21. The molecular formula is C20H27N3O2S. The van der Waals surface area contributed by atoms with Crippen LogP contribution in [0.15, 0.2) is 24.3 Å². The summed E-state index contributed by atoms with van der Waals surface area (Å²) in [5, 5.41) is 3.86. The van der Waals surface area contributed by atoms with Crippen molar-refractivity contribution >= 4 is 28.8 Å². The van der Waals surface area contributed by atoms with Gasteiger partial charge in [-0.1, -0.05) is 19.1 Å². The van der Waals surface area contributed by atoms with Crippen molar-refractivity contribution in [3.63, 3.8) is 0 Å². The molecule has 5 nitrogen and oxygen atoms in total. The number of benzene rings is 1. The standard InChI is InChI=1S/C20H27N3O2S/c1-6-16-8-7-9-17(12-16)22-18(24)10-11-19(25)23(5)13(2)20-14(3)26-15(4)21-20/h7-9,12-13H,6,10-11H2,1-5H3,(H,22,24). The predicted molar refractivity (Wildman–Crippen MR) is 106 cm³/mol. The second-order valence-electron chi connectivity index (χ2n) is 6.46. The average Bonchev–Trinajstić information content (AvgIpc) is 2.96. The van der Waals surface area contributed by atoms with Crippen molar-refractivity contribution < 1.29 is 9.59 Å². The van der Waals surface area contributed by atoms with E-state index < -0.39 is 0 Å². The summed E-state index contributed by atoms with van der Waals surface area (Å²) in [5.74, 6) is -0.201. The van der Waals surface area contributed by atoms with E-state index >= 15 is 0 Å². The highest BCUT2D eigenvalue weighted by atomic mass is 32.1. The van der Waals surface area contributed by atoms with E-state index in [4.69, 9.17) is 0 Å². The van der Waals surface area contributed by atoms with Crippen LogP contribution in [0.3, 0.4) is 0 Å². The number of hydrogen-bond donors (Lipinski definition) is 1. The van der Waals surface area contributed by atoms with E-state index in [1.807, 2.05) is 45.0 Å². The molecule has 1 unspecified atom stereocenters. The van der Waals surface area contributed by atoms with Crippen molar-refractivity contribution in [3.8, 4) is 0 Å². The van der Waals surface area contributed by atoms with Gasteiger partial charge in [0.05, 0.1) is 16.7 Å². The second kappa shape index (κ2) is 8.94. The number of carbonyl (C=O) groups is 2. The van der Waals surface area contributed by atoms with Crippen LogP contribution in [0, 0.1) is 13.8 Å². The average molecular weight is 374 g/mol. The summed E-state index contributed by atoms with van der Waals surface area (Å²) >= 11 is 1.64. The van der Waals surface area contributed by atoms with Gasteiger partial charge >= 0.3 is 0 Å². The SMILES string of the molecule is CCc1cccc(NC(=O)CCC(=O)N(C)C(C)c2nc(C)sc2C)c1. The maximum Gasteiger partial charge on any atom is 0.224 e. The molecule has 0 aliphatic heterocycles. The van der Waals surface area contributed by atoms with Crippen molar-refractivity contribution in [3.05, 3.63) is 45.4 Å². The quantitative estimate of drug-likeness (QED) is 0.789. The lowest BCUT2D eigenvalue weighted by Gasteiger charge is -2.24. The highest BCUT2D eigenvalue weighted by Crippen LogP contribution is 2.26. The minimum atomic E-state index is -0.145. The summed E-state index contributed by atoms with van der Waals surface area (Å²) in [6.45, 7) is 8.03. The Kier molecular flexibility index (Phi) is 6.91. The van der Waals surface area contributed by atoms with Gasteiger partial charge in [0.15, 0.2) is 0 Å². The van der Waals surface area contributed by atoms with Crippen molar-refractivity contribution in [1.29, 1.82) is 0 Å². The Morgan fingerprint density at radius 1 is 1.27 bits per heavy atom.